The molecule has 0 saturated carbocycles. The average Bonchev–Trinajstić information content (AvgIpc) is 2.62. The number of para-hydroxylation sites is 1. The lowest BCUT2D eigenvalue weighted by molar-refractivity contribution is 0.293. The van der Waals surface area contributed by atoms with Crippen molar-refractivity contribution in [1.82, 2.24) is 4.98 Å². The Kier molecular flexibility index (Phi) is 4.96. The monoisotopic (exact) mass is 320 g/mol. The highest BCUT2D eigenvalue weighted by atomic mass is 16.5. The Bertz CT molecular complexity index is 786. The number of nitrogens with zero attached hydrogens (tertiary/aromatic N) is 1. The molecule has 2 aromatic carbocycles. The summed E-state index contributed by atoms with van der Waals surface area (Å²) in [4.78, 5) is 4.31. The number of rotatable bonds is 6. The molecule has 1 N–H and O–H groups in total. The molecular formula is C20H20N2O2. The predicted molar refractivity (Wildman–Crippen MR) is 95.8 cm³/mol. The predicted octanol–water partition coefficient (Wildman–Crippen LogP) is 4.80. The summed E-state index contributed by atoms with van der Waals surface area (Å²) in [6, 6.07) is 19.4. The van der Waals surface area contributed by atoms with Crippen LogP contribution in [0.1, 0.15) is 11.1 Å². The van der Waals surface area contributed by atoms with Crippen molar-refractivity contribution < 1.29 is 9.47 Å². The standard InChI is InChI=1S/C20H20N2O2/c1-15-7-6-10-19(21-2)18(15)14-23-20-12-11-17(13-22-20)24-16-8-4-3-5-9-16/h3-13,21H,14H2,1-2H3. The van der Waals surface area contributed by atoms with Gasteiger partial charge in [-0.25, -0.2) is 4.98 Å². The number of nitrogens with one attached hydrogen (secondary N) is 1. The Morgan fingerprint density at radius 3 is 2.46 bits per heavy atom. The summed E-state index contributed by atoms with van der Waals surface area (Å²) in [6.45, 7) is 2.54. The summed E-state index contributed by atoms with van der Waals surface area (Å²) >= 11 is 0. The van der Waals surface area contributed by atoms with E-state index in [2.05, 4.69) is 23.3 Å². The average molecular weight is 320 g/mol. The molecule has 0 spiro atoms. The van der Waals surface area contributed by atoms with Gasteiger partial charge in [0.1, 0.15) is 18.1 Å². The molecule has 3 rings (SSSR count). The fourth-order valence-electron chi connectivity index (χ4n) is 2.41. The van der Waals surface area contributed by atoms with Crippen molar-refractivity contribution in [1.29, 1.82) is 0 Å². The van der Waals surface area contributed by atoms with Crippen molar-refractivity contribution >= 4 is 5.69 Å². The molecule has 0 amide bonds. The molecule has 122 valence electrons. The number of hydrogen-bond acceptors (Lipinski definition) is 4. The van der Waals surface area contributed by atoms with Crippen LogP contribution in [0, 0.1) is 6.92 Å². The zero-order valence-corrected chi connectivity index (χ0v) is 13.8. The van der Waals surface area contributed by atoms with E-state index in [1.165, 1.54) is 5.56 Å². The third-order valence-corrected chi connectivity index (χ3v) is 3.73. The zero-order valence-electron chi connectivity index (χ0n) is 13.8. The second kappa shape index (κ2) is 7.51. The molecule has 4 heteroatoms. The van der Waals surface area contributed by atoms with Crippen LogP contribution in [0.25, 0.3) is 0 Å². The van der Waals surface area contributed by atoms with E-state index >= 15 is 0 Å². The Morgan fingerprint density at radius 1 is 0.917 bits per heavy atom. The first-order valence-corrected chi connectivity index (χ1v) is 7.84. The smallest absolute Gasteiger partial charge is 0.213 e. The van der Waals surface area contributed by atoms with Crippen molar-refractivity contribution in [2.24, 2.45) is 0 Å². The maximum absolute atomic E-state index is 5.81. The first-order valence-electron chi connectivity index (χ1n) is 7.84. The van der Waals surface area contributed by atoms with Crippen molar-refractivity contribution in [3.05, 3.63) is 78.0 Å². The summed E-state index contributed by atoms with van der Waals surface area (Å²) in [5, 5.41) is 3.19. The van der Waals surface area contributed by atoms with Crippen LogP contribution in [0.3, 0.4) is 0 Å². The van der Waals surface area contributed by atoms with Crippen LogP contribution in [-0.4, -0.2) is 12.0 Å². The molecule has 0 aliphatic rings. The van der Waals surface area contributed by atoms with Gasteiger partial charge in [-0.3, -0.25) is 0 Å². The zero-order chi connectivity index (χ0) is 16.8. The van der Waals surface area contributed by atoms with Crippen molar-refractivity contribution in [2.75, 3.05) is 12.4 Å². The van der Waals surface area contributed by atoms with Crippen molar-refractivity contribution in [2.45, 2.75) is 13.5 Å². The quantitative estimate of drug-likeness (QED) is 0.708. The van der Waals surface area contributed by atoms with Gasteiger partial charge in [-0.15, -0.1) is 0 Å². The van der Waals surface area contributed by atoms with Gasteiger partial charge in [-0.1, -0.05) is 30.3 Å². The minimum absolute atomic E-state index is 0.467. The van der Waals surface area contributed by atoms with Crippen molar-refractivity contribution in [3.8, 4) is 17.4 Å². The molecule has 1 aromatic heterocycles. The van der Waals surface area contributed by atoms with E-state index in [0.29, 0.717) is 18.2 Å². The highest BCUT2D eigenvalue weighted by molar-refractivity contribution is 5.53. The van der Waals surface area contributed by atoms with Gasteiger partial charge in [0.2, 0.25) is 5.88 Å². The second-order valence-electron chi connectivity index (χ2n) is 5.39. The molecule has 0 aliphatic heterocycles. The molecular weight excluding hydrogens is 300 g/mol. The van der Waals surface area contributed by atoms with Gasteiger partial charge in [0.05, 0.1) is 6.20 Å². The Balaban J connectivity index is 1.65. The minimum Gasteiger partial charge on any atom is -0.473 e. The lowest BCUT2D eigenvalue weighted by atomic mass is 10.1. The van der Waals surface area contributed by atoms with E-state index in [4.69, 9.17) is 9.47 Å². The molecule has 0 aliphatic carbocycles. The van der Waals surface area contributed by atoms with Crippen LogP contribution < -0.4 is 14.8 Å². The highest BCUT2D eigenvalue weighted by Gasteiger charge is 2.06. The van der Waals surface area contributed by atoms with E-state index in [9.17, 15) is 0 Å². The van der Waals surface area contributed by atoms with Crippen LogP contribution in [0.4, 0.5) is 5.69 Å². The summed E-state index contributed by atoms with van der Waals surface area (Å²) in [5.74, 6) is 2.03. The summed E-state index contributed by atoms with van der Waals surface area (Å²) in [6.07, 6.45) is 1.67. The van der Waals surface area contributed by atoms with Gasteiger partial charge < -0.3 is 14.8 Å². The number of pyridine rings is 1. The number of ether oxygens (including phenoxy) is 2. The van der Waals surface area contributed by atoms with Crippen LogP contribution in [0.5, 0.6) is 17.4 Å². The molecule has 0 radical (unpaired) electrons. The van der Waals surface area contributed by atoms with Crippen LogP contribution >= 0.6 is 0 Å². The first kappa shape index (κ1) is 15.9. The summed E-state index contributed by atoms with van der Waals surface area (Å²) < 4.78 is 11.5. The maximum Gasteiger partial charge on any atom is 0.213 e. The number of hydrogen-bond donors (Lipinski definition) is 1. The van der Waals surface area contributed by atoms with Crippen LogP contribution in [0.2, 0.25) is 0 Å². The first-order chi connectivity index (χ1) is 11.8. The molecule has 0 fully saturated rings. The second-order valence-corrected chi connectivity index (χ2v) is 5.39. The Labute approximate surface area is 142 Å². The number of benzene rings is 2. The lowest BCUT2D eigenvalue weighted by Gasteiger charge is -2.13. The fraction of sp³-hybridized carbons (Fsp3) is 0.150. The lowest BCUT2D eigenvalue weighted by Crippen LogP contribution is -2.03. The molecule has 0 unspecified atom stereocenters. The molecule has 1 heterocycles. The Hall–Kier alpha value is -3.01. The molecule has 0 atom stereocenters. The van der Waals surface area contributed by atoms with Gasteiger partial charge in [0.15, 0.2) is 0 Å². The van der Waals surface area contributed by atoms with Gasteiger partial charge in [0, 0.05) is 24.4 Å². The number of anilines is 1. The van der Waals surface area contributed by atoms with Gasteiger partial charge in [-0.05, 0) is 36.8 Å². The van der Waals surface area contributed by atoms with E-state index in [1.807, 2.05) is 61.6 Å². The highest BCUT2D eigenvalue weighted by Crippen LogP contribution is 2.24. The summed E-state index contributed by atoms with van der Waals surface area (Å²) in [7, 11) is 1.91. The van der Waals surface area contributed by atoms with Crippen molar-refractivity contribution in [3.63, 3.8) is 0 Å². The van der Waals surface area contributed by atoms with Gasteiger partial charge in [-0.2, -0.15) is 0 Å². The van der Waals surface area contributed by atoms with Crippen LogP contribution in [-0.2, 0) is 6.61 Å². The third-order valence-electron chi connectivity index (χ3n) is 3.73. The van der Waals surface area contributed by atoms with Gasteiger partial charge >= 0.3 is 0 Å². The topological polar surface area (TPSA) is 43.4 Å². The summed E-state index contributed by atoms with van der Waals surface area (Å²) in [5.41, 5.74) is 3.39. The van der Waals surface area contributed by atoms with E-state index in [-0.39, 0.29) is 0 Å². The van der Waals surface area contributed by atoms with E-state index in [1.54, 1.807) is 6.20 Å². The third kappa shape index (κ3) is 3.84. The number of aryl methyl sites for hydroxylation is 1. The molecule has 0 bridgehead atoms. The number of aromatic nitrogens is 1. The fourth-order valence-corrected chi connectivity index (χ4v) is 2.41. The molecule has 4 nitrogen and oxygen atoms in total. The van der Waals surface area contributed by atoms with E-state index in [0.717, 1.165) is 17.0 Å². The molecule has 24 heavy (non-hydrogen) atoms. The maximum atomic E-state index is 5.81. The minimum atomic E-state index is 0.467. The molecule has 0 saturated heterocycles. The normalized spacial score (nSPS) is 10.2. The SMILES string of the molecule is CNc1cccc(C)c1COc1ccc(Oc2ccccc2)cn1. The molecule has 3 aromatic rings. The van der Waals surface area contributed by atoms with Crippen LogP contribution in [0.15, 0.2) is 66.9 Å². The largest absolute Gasteiger partial charge is 0.473 e. The van der Waals surface area contributed by atoms with Gasteiger partial charge in [0.25, 0.3) is 0 Å². The van der Waals surface area contributed by atoms with E-state index < -0.39 is 0 Å². The Morgan fingerprint density at radius 2 is 1.75 bits per heavy atom.